The van der Waals surface area contributed by atoms with Gasteiger partial charge in [-0.25, -0.2) is 0 Å². The molecular weight excluding hydrogens is 256 g/mol. The highest BCUT2D eigenvalue weighted by Gasteiger charge is 2.17. The third-order valence-corrected chi connectivity index (χ3v) is 5.05. The first-order chi connectivity index (χ1) is 9.76. The standard InChI is InChI=1S/C20H42O/c1-7-20(6,21)16-10-15-19(5)14-9-13-18(4)12-8-11-17(2)3/h17-19,21H,7-16H2,1-6H3/t18-,19-,20+/m1/s1. The zero-order valence-electron chi connectivity index (χ0n) is 15.8. The first-order valence-electron chi connectivity index (χ1n) is 9.49. The molecule has 21 heavy (non-hydrogen) atoms. The largest absolute Gasteiger partial charge is 0.390 e. The van der Waals surface area contributed by atoms with E-state index in [4.69, 9.17) is 0 Å². The van der Waals surface area contributed by atoms with Gasteiger partial charge in [0.25, 0.3) is 0 Å². The molecule has 1 nitrogen and oxygen atoms in total. The predicted molar refractivity (Wildman–Crippen MR) is 95.6 cm³/mol. The van der Waals surface area contributed by atoms with Crippen LogP contribution in [0.25, 0.3) is 0 Å². The van der Waals surface area contributed by atoms with Crippen LogP contribution >= 0.6 is 0 Å². The van der Waals surface area contributed by atoms with E-state index in [1.807, 2.05) is 6.92 Å². The minimum absolute atomic E-state index is 0.440. The van der Waals surface area contributed by atoms with Crippen molar-refractivity contribution in [2.45, 2.75) is 111 Å². The maximum atomic E-state index is 10.0. The van der Waals surface area contributed by atoms with E-state index in [2.05, 4.69) is 34.6 Å². The normalized spacial score (nSPS) is 17.7. The van der Waals surface area contributed by atoms with Crippen LogP contribution in [0.5, 0.6) is 0 Å². The van der Waals surface area contributed by atoms with Crippen LogP contribution in [0, 0.1) is 17.8 Å². The minimum atomic E-state index is -0.440. The highest BCUT2D eigenvalue weighted by Crippen LogP contribution is 2.23. The molecule has 0 radical (unpaired) electrons. The van der Waals surface area contributed by atoms with E-state index in [0.717, 1.165) is 30.6 Å². The van der Waals surface area contributed by atoms with Gasteiger partial charge in [0.05, 0.1) is 5.60 Å². The van der Waals surface area contributed by atoms with E-state index in [1.165, 1.54) is 51.4 Å². The Bertz CT molecular complexity index is 232. The van der Waals surface area contributed by atoms with Crippen molar-refractivity contribution in [2.75, 3.05) is 0 Å². The summed E-state index contributed by atoms with van der Waals surface area (Å²) in [7, 11) is 0. The van der Waals surface area contributed by atoms with E-state index in [1.54, 1.807) is 0 Å². The third kappa shape index (κ3) is 13.4. The van der Waals surface area contributed by atoms with Crippen LogP contribution in [0.1, 0.15) is 106 Å². The third-order valence-electron chi connectivity index (χ3n) is 5.05. The SMILES string of the molecule is CC[C@](C)(O)CCC[C@H](C)CCC[C@H](C)CCCC(C)C. The Morgan fingerprint density at radius 3 is 1.62 bits per heavy atom. The summed E-state index contributed by atoms with van der Waals surface area (Å²) < 4.78 is 0. The summed E-state index contributed by atoms with van der Waals surface area (Å²) in [6.45, 7) is 13.5. The second-order valence-electron chi connectivity index (χ2n) is 8.21. The fourth-order valence-corrected chi connectivity index (χ4v) is 2.99. The van der Waals surface area contributed by atoms with Crippen molar-refractivity contribution in [2.24, 2.45) is 17.8 Å². The fourth-order valence-electron chi connectivity index (χ4n) is 2.99. The highest BCUT2D eigenvalue weighted by molar-refractivity contribution is 4.70. The Morgan fingerprint density at radius 2 is 1.19 bits per heavy atom. The van der Waals surface area contributed by atoms with Gasteiger partial charge in [0.2, 0.25) is 0 Å². The van der Waals surface area contributed by atoms with Gasteiger partial charge in [-0.2, -0.15) is 0 Å². The second-order valence-corrected chi connectivity index (χ2v) is 8.21. The van der Waals surface area contributed by atoms with Gasteiger partial charge in [-0.05, 0) is 37.5 Å². The molecule has 0 saturated heterocycles. The van der Waals surface area contributed by atoms with Gasteiger partial charge in [0, 0.05) is 0 Å². The molecule has 0 aromatic carbocycles. The number of hydrogen-bond acceptors (Lipinski definition) is 1. The molecule has 0 amide bonds. The van der Waals surface area contributed by atoms with Crippen molar-refractivity contribution in [3.8, 4) is 0 Å². The number of hydrogen-bond donors (Lipinski definition) is 1. The molecule has 0 aliphatic heterocycles. The van der Waals surface area contributed by atoms with Crippen molar-refractivity contribution in [3.63, 3.8) is 0 Å². The van der Waals surface area contributed by atoms with Gasteiger partial charge in [-0.3, -0.25) is 0 Å². The van der Waals surface area contributed by atoms with E-state index in [-0.39, 0.29) is 0 Å². The van der Waals surface area contributed by atoms with E-state index >= 15 is 0 Å². The lowest BCUT2D eigenvalue weighted by Crippen LogP contribution is -2.22. The number of rotatable bonds is 13. The fraction of sp³-hybridized carbons (Fsp3) is 1.00. The molecule has 0 heterocycles. The van der Waals surface area contributed by atoms with Crippen LogP contribution in [0.3, 0.4) is 0 Å². The average molecular weight is 299 g/mol. The summed E-state index contributed by atoms with van der Waals surface area (Å²) in [5.74, 6) is 2.58. The van der Waals surface area contributed by atoms with E-state index in [0.29, 0.717) is 0 Å². The van der Waals surface area contributed by atoms with Crippen LogP contribution in [0.4, 0.5) is 0 Å². The zero-order valence-corrected chi connectivity index (χ0v) is 15.8. The number of aliphatic hydroxyl groups is 1. The molecule has 0 bridgehead atoms. The molecule has 0 unspecified atom stereocenters. The maximum Gasteiger partial charge on any atom is 0.0617 e. The lowest BCUT2D eigenvalue weighted by atomic mass is 9.90. The van der Waals surface area contributed by atoms with Crippen molar-refractivity contribution < 1.29 is 5.11 Å². The van der Waals surface area contributed by atoms with Crippen molar-refractivity contribution in [1.82, 2.24) is 0 Å². The monoisotopic (exact) mass is 298 g/mol. The van der Waals surface area contributed by atoms with E-state index < -0.39 is 5.60 Å². The zero-order chi connectivity index (χ0) is 16.3. The molecule has 0 spiro atoms. The predicted octanol–water partition coefficient (Wildman–Crippen LogP) is 6.59. The molecule has 1 heteroatoms. The Balaban J connectivity index is 3.54. The van der Waals surface area contributed by atoms with Crippen molar-refractivity contribution in [1.29, 1.82) is 0 Å². The van der Waals surface area contributed by atoms with E-state index in [9.17, 15) is 5.11 Å². The summed E-state index contributed by atoms with van der Waals surface area (Å²) in [5.41, 5.74) is -0.440. The molecular formula is C20H42O. The second kappa shape index (κ2) is 11.5. The lowest BCUT2D eigenvalue weighted by molar-refractivity contribution is 0.0432. The summed E-state index contributed by atoms with van der Waals surface area (Å²) in [5, 5.41) is 10.0. The Morgan fingerprint density at radius 1 is 0.762 bits per heavy atom. The summed E-state index contributed by atoms with van der Waals surface area (Å²) in [6, 6.07) is 0. The Labute approximate surface area is 134 Å². The molecule has 0 aliphatic carbocycles. The summed E-state index contributed by atoms with van der Waals surface area (Å²) >= 11 is 0. The molecule has 3 atom stereocenters. The molecule has 0 aliphatic rings. The van der Waals surface area contributed by atoms with Gasteiger partial charge < -0.3 is 5.11 Å². The lowest BCUT2D eigenvalue weighted by Gasteiger charge is -2.22. The van der Waals surface area contributed by atoms with Gasteiger partial charge in [0.15, 0.2) is 0 Å². The van der Waals surface area contributed by atoms with Crippen LogP contribution in [0.2, 0.25) is 0 Å². The van der Waals surface area contributed by atoms with Gasteiger partial charge >= 0.3 is 0 Å². The van der Waals surface area contributed by atoms with Gasteiger partial charge in [0.1, 0.15) is 0 Å². The molecule has 0 fully saturated rings. The summed E-state index contributed by atoms with van der Waals surface area (Å²) in [4.78, 5) is 0. The molecule has 0 aromatic rings. The van der Waals surface area contributed by atoms with Crippen LogP contribution in [-0.2, 0) is 0 Å². The van der Waals surface area contributed by atoms with Crippen molar-refractivity contribution >= 4 is 0 Å². The quantitative estimate of drug-likeness (QED) is 0.407. The maximum absolute atomic E-state index is 10.0. The smallest absolute Gasteiger partial charge is 0.0617 e. The Kier molecular flexibility index (Phi) is 11.5. The topological polar surface area (TPSA) is 20.2 Å². The van der Waals surface area contributed by atoms with Crippen LogP contribution < -0.4 is 0 Å². The van der Waals surface area contributed by atoms with Gasteiger partial charge in [-0.15, -0.1) is 0 Å². The first-order valence-corrected chi connectivity index (χ1v) is 9.49. The van der Waals surface area contributed by atoms with Gasteiger partial charge in [-0.1, -0.05) is 86.0 Å². The molecule has 0 aromatic heterocycles. The molecule has 0 saturated carbocycles. The minimum Gasteiger partial charge on any atom is -0.390 e. The van der Waals surface area contributed by atoms with Crippen LogP contribution in [-0.4, -0.2) is 10.7 Å². The highest BCUT2D eigenvalue weighted by atomic mass is 16.3. The molecule has 0 rings (SSSR count). The van der Waals surface area contributed by atoms with Crippen molar-refractivity contribution in [3.05, 3.63) is 0 Å². The average Bonchev–Trinajstić information content (AvgIpc) is 2.38. The molecule has 128 valence electrons. The van der Waals surface area contributed by atoms with Crippen LogP contribution in [0.15, 0.2) is 0 Å². The first kappa shape index (κ1) is 21.0. The Hall–Kier alpha value is -0.0400. The summed E-state index contributed by atoms with van der Waals surface area (Å²) in [6.07, 6.45) is 12.6. The molecule has 1 N–H and O–H groups in total.